The van der Waals surface area contributed by atoms with Gasteiger partial charge >= 0.3 is 6.18 Å². The van der Waals surface area contributed by atoms with Gasteiger partial charge in [-0.15, -0.1) is 0 Å². The van der Waals surface area contributed by atoms with E-state index >= 15 is 0 Å². The predicted octanol–water partition coefficient (Wildman–Crippen LogP) is 3.73. The first-order chi connectivity index (χ1) is 12.1. The summed E-state index contributed by atoms with van der Waals surface area (Å²) in [5, 5.41) is 2.51. The number of hydrogen-bond acceptors (Lipinski definition) is 2. The largest absolute Gasteiger partial charge is 0.416 e. The number of carbonyl (C=O) groups excluding carboxylic acids is 1. The lowest BCUT2D eigenvalue weighted by molar-refractivity contribution is -0.137. The molecule has 0 bridgehead atoms. The lowest BCUT2D eigenvalue weighted by atomic mass is 10.1. The van der Waals surface area contributed by atoms with Gasteiger partial charge in [0.25, 0.3) is 0 Å². The molecule has 0 fully saturated rings. The van der Waals surface area contributed by atoms with Crippen molar-refractivity contribution in [2.75, 3.05) is 13.6 Å². The first-order valence-corrected chi connectivity index (χ1v) is 7.70. The second kappa shape index (κ2) is 8.27. The van der Waals surface area contributed by atoms with Crippen molar-refractivity contribution in [2.45, 2.75) is 19.3 Å². The van der Waals surface area contributed by atoms with Crippen molar-refractivity contribution in [3.8, 4) is 0 Å². The van der Waals surface area contributed by atoms with Crippen LogP contribution in [-0.2, 0) is 24.1 Å². The summed E-state index contributed by atoms with van der Waals surface area (Å²) in [6.45, 7) is 0.0187. The highest BCUT2D eigenvalue weighted by atomic mass is 19.4. The van der Waals surface area contributed by atoms with Crippen molar-refractivity contribution in [3.05, 3.63) is 70.8 Å². The molecule has 1 N–H and O–H groups in total. The van der Waals surface area contributed by atoms with Gasteiger partial charge in [0.15, 0.2) is 0 Å². The Morgan fingerprint density at radius 2 is 1.69 bits per heavy atom. The van der Waals surface area contributed by atoms with Crippen LogP contribution in [0.15, 0.2) is 42.5 Å². The van der Waals surface area contributed by atoms with Gasteiger partial charge in [-0.25, -0.2) is 8.78 Å². The summed E-state index contributed by atoms with van der Waals surface area (Å²) in [6, 6.07) is 7.81. The van der Waals surface area contributed by atoms with E-state index in [0.717, 1.165) is 30.3 Å². The summed E-state index contributed by atoms with van der Waals surface area (Å²) in [5.74, 6) is -1.89. The van der Waals surface area contributed by atoms with Crippen LogP contribution in [-0.4, -0.2) is 24.4 Å². The van der Waals surface area contributed by atoms with E-state index in [-0.39, 0.29) is 25.2 Å². The molecule has 26 heavy (non-hydrogen) atoms. The van der Waals surface area contributed by atoms with Crippen molar-refractivity contribution < 1.29 is 26.7 Å². The molecule has 2 aromatic carbocycles. The van der Waals surface area contributed by atoms with Gasteiger partial charge in [-0.2, -0.15) is 13.2 Å². The Hall–Kier alpha value is -2.48. The van der Waals surface area contributed by atoms with Gasteiger partial charge in [0.1, 0.15) is 11.6 Å². The van der Waals surface area contributed by atoms with E-state index in [9.17, 15) is 26.7 Å². The Morgan fingerprint density at radius 1 is 1.04 bits per heavy atom. The number of halogens is 5. The third-order valence-corrected chi connectivity index (χ3v) is 3.53. The number of nitrogens with zero attached hydrogens (tertiary/aromatic N) is 1. The maximum atomic E-state index is 13.1. The average Bonchev–Trinajstić information content (AvgIpc) is 2.51. The maximum Gasteiger partial charge on any atom is 0.416 e. The number of amides is 1. The molecule has 2 aromatic rings. The zero-order chi connectivity index (χ0) is 19.3. The fourth-order valence-corrected chi connectivity index (χ4v) is 2.43. The Kier molecular flexibility index (Phi) is 6.31. The van der Waals surface area contributed by atoms with Crippen LogP contribution in [0.1, 0.15) is 16.7 Å². The highest BCUT2D eigenvalue weighted by Gasteiger charge is 2.30. The second-order valence-corrected chi connectivity index (χ2v) is 5.92. The Morgan fingerprint density at radius 3 is 2.31 bits per heavy atom. The Bertz CT molecular complexity index is 756. The first-order valence-electron chi connectivity index (χ1n) is 7.70. The number of rotatable bonds is 6. The molecule has 2 rings (SSSR count). The topological polar surface area (TPSA) is 32.3 Å². The van der Waals surface area contributed by atoms with Gasteiger partial charge in [0.05, 0.1) is 12.1 Å². The molecular formula is C18H17F5N2O. The van der Waals surface area contributed by atoms with Gasteiger partial charge in [0.2, 0.25) is 5.91 Å². The van der Waals surface area contributed by atoms with Crippen LogP contribution in [0, 0.1) is 11.6 Å². The number of carbonyl (C=O) groups is 1. The Labute approximate surface area is 147 Å². The van der Waals surface area contributed by atoms with E-state index in [0.29, 0.717) is 5.56 Å². The van der Waals surface area contributed by atoms with E-state index in [1.54, 1.807) is 13.1 Å². The van der Waals surface area contributed by atoms with Gasteiger partial charge in [-0.3, -0.25) is 9.69 Å². The average molecular weight is 372 g/mol. The van der Waals surface area contributed by atoms with Crippen LogP contribution < -0.4 is 5.32 Å². The molecule has 0 heterocycles. The van der Waals surface area contributed by atoms with E-state index < -0.39 is 29.3 Å². The van der Waals surface area contributed by atoms with Gasteiger partial charge in [0, 0.05) is 19.2 Å². The van der Waals surface area contributed by atoms with Gasteiger partial charge in [-0.1, -0.05) is 18.2 Å². The zero-order valence-corrected chi connectivity index (χ0v) is 13.9. The number of hydrogen-bond donors (Lipinski definition) is 1. The fourth-order valence-electron chi connectivity index (χ4n) is 2.43. The summed E-state index contributed by atoms with van der Waals surface area (Å²) >= 11 is 0. The number of nitrogens with one attached hydrogen (secondary N) is 1. The smallest absolute Gasteiger partial charge is 0.351 e. The zero-order valence-electron chi connectivity index (χ0n) is 13.9. The van der Waals surface area contributed by atoms with Crippen LogP contribution in [0.25, 0.3) is 0 Å². The molecule has 0 spiro atoms. The van der Waals surface area contributed by atoms with Crippen LogP contribution in [0.3, 0.4) is 0 Å². The van der Waals surface area contributed by atoms with E-state index in [4.69, 9.17) is 0 Å². The van der Waals surface area contributed by atoms with Crippen molar-refractivity contribution in [2.24, 2.45) is 0 Å². The highest BCUT2D eigenvalue weighted by molar-refractivity contribution is 5.77. The number of likely N-dealkylation sites (N-methyl/N-ethyl adjacent to an activating group) is 1. The summed E-state index contributed by atoms with van der Waals surface area (Å²) in [7, 11) is 1.59. The quantitative estimate of drug-likeness (QED) is 0.784. The molecule has 0 atom stereocenters. The standard InChI is InChI=1S/C18H17F5N2O/c1-25(10-12-3-2-4-14(5-12)18(21,22)23)11-17(26)24-9-13-6-15(19)8-16(20)7-13/h2-8H,9-11H2,1H3,(H,24,26). The van der Waals surface area contributed by atoms with Gasteiger partial charge < -0.3 is 5.32 Å². The third kappa shape index (κ3) is 6.11. The normalized spacial score (nSPS) is 11.7. The molecule has 0 saturated carbocycles. The lowest BCUT2D eigenvalue weighted by Gasteiger charge is -2.17. The van der Waals surface area contributed by atoms with Crippen LogP contribution in [0.5, 0.6) is 0 Å². The highest BCUT2D eigenvalue weighted by Crippen LogP contribution is 2.29. The van der Waals surface area contributed by atoms with Crippen molar-refractivity contribution in [3.63, 3.8) is 0 Å². The molecule has 140 valence electrons. The lowest BCUT2D eigenvalue weighted by Crippen LogP contribution is -2.34. The molecule has 0 aliphatic heterocycles. The molecule has 0 aromatic heterocycles. The number of benzene rings is 2. The molecule has 0 aliphatic rings. The molecule has 0 radical (unpaired) electrons. The van der Waals surface area contributed by atoms with Crippen molar-refractivity contribution >= 4 is 5.91 Å². The fraction of sp³-hybridized carbons (Fsp3) is 0.278. The SMILES string of the molecule is CN(CC(=O)NCc1cc(F)cc(F)c1)Cc1cccc(C(F)(F)F)c1. The molecule has 0 saturated heterocycles. The molecule has 0 unspecified atom stereocenters. The minimum absolute atomic E-state index is 0.0507. The summed E-state index contributed by atoms with van der Waals surface area (Å²) in [6.07, 6.45) is -4.42. The minimum Gasteiger partial charge on any atom is -0.351 e. The molecule has 1 amide bonds. The van der Waals surface area contributed by atoms with Gasteiger partial charge in [-0.05, 0) is 36.4 Å². The van der Waals surface area contributed by atoms with Crippen molar-refractivity contribution in [1.82, 2.24) is 10.2 Å². The number of alkyl halides is 3. The summed E-state index contributed by atoms with van der Waals surface area (Å²) in [4.78, 5) is 13.4. The Balaban J connectivity index is 1.87. The molecule has 0 aliphatic carbocycles. The molecule has 8 heteroatoms. The molecule has 3 nitrogen and oxygen atoms in total. The second-order valence-electron chi connectivity index (χ2n) is 5.92. The van der Waals surface area contributed by atoms with Crippen LogP contribution in [0.2, 0.25) is 0 Å². The van der Waals surface area contributed by atoms with Crippen molar-refractivity contribution in [1.29, 1.82) is 0 Å². The predicted molar refractivity (Wildman–Crippen MR) is 86.0 cm³/mol. The summed E-state index contributed by atoms with van der Waals surface area (Å²) in [5.41, 5.74) is -0.0558. The van der Waals surface area contributed by atoms with E-state index in [1.165, 1.54) is 11.0 Å². The van der Waals surface area contributed by atoms with Crippen LogP contribution in [0.4, 0.5) is 22.0 Å². The maximum absolute atomic E-state index is 13.1. The van der Waals surface area contributed by atoms with E-state index in [2.05, 4.69) is 5.32 Å². The molecular weight excluding hydrogens is 355 g/mol. The minimum atomic E-state index is -4.42. The summed E-state index contributed by atoms with van der Waals surface area (Å²) < 4.78 is 64.3. The first kappa shape index (κ1) is 19.8. The van der Waals surface area contributed by atoms with E-state index in [1.807, 2.05) is 0 Å². The monoisotopic (exact) mass is 372 g/mol. The third-order valence-electron chi connectivity index (χ3n) is 3.53. The van der Waals surface area contributed by atoms with Crippen LogP contribution >= 0.6 is 0 Å².